The number of nitrogens with zero attached hydrogens (tertiary/aromatic N) is 4. The van der Waals surface area contributed by atoms with Crippen molar-refractivity contribution >= 4 is 61.7 Å². The zero-order valence-corrected chi connectivity index (χ0v) is 57.6. The molecule has 0 aromatic heterocycles. The normalized spacial score (nSPS) is 11.4. The standard InChI is InChI=1S/C15H19NSi.C13H13N.C12H11N.C9H9N.C7H14Si.5C2H6.2W/c1-17(2,3)11-7-6-9-14-12-13-8-4-5-10-15(13)16-14;1-2-3-4-8-12-10-11-7-5-6-9-13(11)14-12;1-2-3-7-11-9-10-6-4-5-8-12(10)13-11;1-7-6-8-4-2-3-5-9(8)10-7;1-5-6-7-8(2,3)4;5*1-2;;/h4-5,8,10H,6,9,12H2,1-3H3;5-7,9H,4,8,10H2,1H3;1,4-6,8H,3,7,9H2;2-5H,6H2,1H3;5H2,1-4H3;5*1-2H3;;. The molecule has 4 heterocycles. The number of hydrogen-bond acceptors (Lipinski definition) is 4. The molecule has 0 aliphatic carbocycles. The van der Waals surface area contributed by atoms with Crippen LogP contribution in [0.5, 0.6) is 0 Å². The average molecular weight is 1370 g/mol. The predicted octanol–water partition coefficient (Wildman–Crippen LogP) is 19.6. The van der Waals surface area contributed by atoms with Crippen molar-refractivity contribution in [3.05, 3.63) is 119 Å². The number of rotatable bonds is 6. The Morgan fingerprint density at radius 3 is 1.01 bits per heavy atom. The van der Waals surface area contributed by atoms with Gasteiger partial charge in [0.05, 0.1) is 22.7 Å². The maximum Gasteiger partial charge on any atom is 0.129 e. The summed E-state index contributed by atoms with van der Waals surface area (Å²) in [4.78, 5) is 18.1. The number of hydrogen-bond donors (Lipinski definition) is 0. The maximum atomic E-state index is 5.21. The van der Waals surface area contributed by atoms with Gasteiger partial charge in [0.15, 0.2) is 0 Å². The first-order valence-corrected chi connectivity index (χ1v) is 34.1. The number of fused-ring (bicyclic) bond motifs is 4. The minimum Gasteiger partial charge on any atom is -0.257 e. The summed E-state index contributed by atoms with van der Waals surface area (Å²) in [6, 6.07) is 33.3. The van der Waals surface area contributed by atoms with E-state index in [0.717, 1.165) is 93.4 Å². The molecule has 4 nitrogen and oxygen atoms in total. The molecule has 0 radical (unpaired) electrons. The van der Waals surface area contributed by atoms with Crippen LogP contribution >= 0.6 is 0 Å². The van der Waals surface area contributed by atoms with E-state index in [-0.39, 0.29) is 42.1 Å². The molecule has 8 rings (SSSR count). The second kappa shape index (κ2) is 47.1. The summed E-state index contributed by atoms with van der Waals surface area (Å²) in [5, 5.41) is 0. The molecule has 8 heteroatoms. The third-order valence-corrected chi connectivity index (χ3v) is 11.5. The summed E-state index contributed by atoms with van der Waals surface area (Å²) >= 11 is 0. The fraction of sp³-hybridized carbons (Fsp3) is 0.455. The minimum atomic E-state index is -1.20. The van der Waals surface area contributed by atoms with Gasteiger partial charge in [0, 0.05) is 116 Å². The Balaban J connectivity index is -0.000000400. The van der Waals surface area contributed by atoms with Crippen LogP contribution in [0.25, 0.3) is 0 Å². The average Bonchev–Trinajstić information content (AvgIpc) is 4.21. The molecule has 4 aliphatic rings. The van der Waals surface area contributed by atoms with Crippen molar-refractivity contribution in [2.24, 2.45) is 20.0 Å². The fourth-order valence-electron chi connectivity index (χ4n) is 6.76. The number of para-hydroxylation sites is 4. The summed E-state index contributed by atoms with van der Waals surface area (Å²) < 4.78 is 0. The zero-order chi connectivity index (χ0) is 54.8. The summed E-state index contributed by atoms with van der Waals surface area (Å²) in [5.41, 5.74) is 21.6. The molecular weight excluding hydrogens is 1270 g/mol. The molecule has 4 aromatic carbocycles. The summed E-state index contributed by atoms with van der Waals surface area (Å²) in [5.74, 6) is 15.0. The van der Waals surface area contributed by atoms with Crippen LogP contribution in [0, 0.1) is 47.1 Å². The van der Waals surface area contributed by atoms with Crippen molar-refractivity contribution < 1.29 is 42.1 Å². The molecule has 0 fully saturated rings. The van der Waals surface area contributed by atoms with E-state index >= 15 is 0 Å². The Bertz CT molecular complexity index is 2500. The van der Waals surface area contributed by atoms with Gasteiger partial charge in [-0.25, -0.2) is 0 Å². The van der Waals surface area contributed by atoms with Gasteiger partial charge in [0.1, 0.15) is 16.1 Å². The zero-order valence-electron chi connectivity index (χ0n) is 49.7. The Hall–Kier alpha value is -4.39. The SMILES string of the molecule is C#CCCC1=Nc2ccccc2C1.CC.CC.CC.CC.CC.CC#CCCC1=Nc2ccccc2C1.CC1=Nc2ccccc2C1.CCC#C[Si](C)(C)C.C[Si](C)(C)C#CCCC1=Nc2ccccc2C1.[W].[W]. The molecule has 0 spiro atoms. The molecule has 0 saturated heterocycles. The van der Waals surface area contributed by atoms with E-state index in [2.05, 4.69) is 193 Å². The summed E-state index contributed by atoms with van der Waals surface area (Å²) in [6.07, 6.45) is 15.9. The van der Waals surface area contributed by atoms with Crippen molar-refractivity contribution in [2.75, 3.05) is 0 Å². The van der Waals surface area contributed by atoms with Gasteiger partial charge < -0.3 is 0 Å². The van der Waals surface area contributed by atoms with E-state index in [0.29, 0.717) is 0 Å². The molecule has 0 bridgehead atoms. The molecule has 0 saturated carbocycles. The van der Waals surface area contributed by atoms with Gasteiger partial charge in [-0.05, 0) is 79.6 Å². The van der Waals surface area contributed by atoms with Crippen molar-refractivity contribution in [3.63, 3.8) is 0 Å². The Morgan fingerprint density at radius 1 is 0.432 bits per heavy atom. The fourth-order valence-corrected chi connectivity index (χ4v) is 8.12. The first kappa shape index (κ1) is 76.1. The first-order valence-electron chi connectivity index (χ1n) is 27.1. The molecule has 0 atom stereocenters. The van der Waals surface area contributed by atoms with E-state index < -0.39 is 16.1 Å². The molecule has 4 aromatic rings. The molecule has 4 aliphatic heterocycles. The van der Waals surface area contributed by atoms with Crippen LogP contribution in [0.3, 0.4) is 0 Å². The van der Waals surface area contributed by atoms with E-state index in [4.69, 9.17) is 6.42 Å². The Morgan fingerprint density at radius 2 is 0.730 bits per heavy atom. The third kappa shape index (κ3) is 34.2. The summed E-state index contributed by atoms with van der Waals surface area (Å²) in [7, 11) is -2.24. The third-order valence-electron chi connectivity index (χ3n) is 9.66. The number of aliphatic imine (C=N–C) groups is 4. The van der Waals surface area contributed by atoms with Crippen LogP contribution in [0.1, 0.15) is 157 Å². The van der Waals surface area contributed by atoms with Gasteiger partial charge in [-0.2, -0.15) is 0 Å². The van der Waals surface area contributed by atoms with Crippen LogP contribution in [-0.2, 0) is 67.8 Å². The van der Waals surface area contributed by atoms with Gasteiger partial charge >= 0.3 is 0 Å². The van der Waals surface area contributed by atoms with E-state index in [9.17, 15) is 0 Å². The topological polar surface area (TPSA) is 49.4 Å². The van der Waals surface area contributed by atoms with Crippen molar-refractivity contribution in [1.29, 1.82) is 0 Å². The van der Waals surface area contributed by atoms with Crippen LogP contribution in [0.2, 0.25) is 39.3 Å². The Kier molecular flexibility index (Phi) is 48.4. The van der Waals surface area contributed by atoms with Crippen LogP contribution in [0.4, 0.5) is 22.7 Å². The van der Waals surface area contributed by atoms with Crippen LogP contribution in [-0.4, -0.2) is 39.0 Å². The van der Waals surface area contributed by atoms with Gasteiger partial charge in [0.25, 0.3) is 0 Å². The molecule has 0 amide bonds. The largest absolute Gasteiger partial charge is 0.257 e. The van der Waals surface area contributed by atoms with E-state index in [1.165, 1.54) is 45.1 Å². The second-order valence-electron chi connectivity index (χ2n) is 17.7. The Labute approximate surface area is 486 Å². The van der Waals surface area contributed by atoms with Gasteiger partial charge in [0.2, 0.25) is 0 Å². The van der Waals surface area contributed by atoms with Gasteiger partial charge in [-0.15, -0.1) is 47.1 Å². The van der Waals surface area contributed by atoms with Gasteiger partial charge in [-0.3, -0.25) is 20.0 Å². The summed E-state index contributed by atoms with van der Waals surface area (Å²) in [6.45, 7) is 39.7. The van der Waals surface area contributed by atoms with Crippen LogP contribution < -0.4 is 0 Å². The predicted molar refractivity (Wildman–Crippen MR) is 334 cm³/mol. The first-order chi connectivity index (χ1) is 34.8. The smallest absolute Gasteiger partial charge is 0.129 e. The molecule has 0 unspecified atom stereocenters. The maximum absolute atomic E-state index is 5.21. The van der Waals surface area contributed by atoms with E-state index in [1.807, 2.05) is 94.4 Å². The van der Waals surface area contributed by atoms with Gasteiger partial charge in [-0.1, -0.05) is 188 Å². The minimum absolute atomic E-state index is 0. The van der Waals surface area contributed by atoms with E-state index in [1.54, 1.807) is 0 Å². The molecule has 400 valence electrons. The number of terminal acetylenes is 1. The number of benzene rings is 4. The molecule has 0 N–H and O–H groups in total. The molecular formula is C66H96N4Si2W2. The quantitative estimate of drug-likeness (QED) is 0.136. The van der Waals surface area contributed by atoms with Crippen LogP contribution in [0.15, 0.2) is 117 Å². The van der Waals surface area contributed by atoms with Crippen molar-refractivity contribution in [2.45, 2.75) is 200 Å². The monoisotopic (exact) mass is 1370 g/mol. The van der Waals surface area contributed by atoms with Crippen molar-refractivity contribution in [3.8, 4) is 47.1 Å². The second-order valence-corrected chi connectivity index (χ2v) is 27.2. The molecule has 74 heavy (non-hydrogen) atoms. The van der Waals surface area contributed by atoms with Crippen molar-refractivity contribution in [1.82, 2.24) is 0 Å².